The molecule has 0 bridgehead atoms. The molecule has 0 aliphatic rings. The number of benzene rings is 1. The lowest BCUT2D eigenvalue weighted by atomic mass is 9.87. The molecule has 0 saturated carbocycles. The topological polar surface area (TPSA) is 27.7 Å². The molecule has 0 N–H and O–H groups in total. The maximum Gasteiger partial charge on any atom is 0.253 e. The van der Waals surface area contributed by atoms with Crippen LogP contribution in [0.1, 0.15) is 26.3 Å². The van der Waals surface area contributed by atoms with Crippen LogP contribution in [0.2, 0.25) is 0 Å². The first-order chi connectivity index (χ1) is 8.37. The molecule has 0 heterocycles. The summed E-state index contributed by atoms with van der Waals surface area (Å²) < 4.78 is 16.1. The van der Waals surface area contributed by atoms with Crippen LogP contribution < -0.4 is 5.19 Å². The van der Waals surface area contributed by atoms with Crippen molar-refractivity contribution in [2.75, 3.05) is 21.3 Å². The van der Waals surface area contributed by atoms with E-state index in [0.717, 1.165) is 0 Å². The summed E-state index contributed by atoms with van der Waals surface area (Å²) in [5, 5.41) is 1.26. The van der Waals surface area contributed by atoms with Crippen LogP contribution in [-0.4, -0.2) is 36.4 Å². The molecule has 0 radical (unpaired) electrons. The molecule has 4 heteroatoms. The van der Waals surface area contributed by atoms with Gasteiger partial charge < -0.3 is 14.2 Å². The molecule has 0 aliphatic carbocycles. The molecule has 1 aromatic carbocycles. The molecule has 0 saturated heterocycles. The Bertz CT molecular complexity index is 355. The van der Waals surface area contributed by atoms with Gasteiger partial charge >= 0.3 is 0 Å². The Kier molecular flexibility index (Phi) is 5.10. The Labute approximate surface area is 112 Å². The van der Waals surface area contributed by atoms with Crippen LogP contribution in [0.5, 0.6) is 0 Å². The SMILES string of the molecule is COC(OC)(OC)[SiH2]c1ccc(C(C)(C)C)cc1. The predicted molar refractivity (Wildman–Crippen MR) is 77.1 cm³/mol. The van der Waals surface area contributed by atoms with Gasteiger partial charge in [-0.2, -0.15) is 0 Å². The van der Waals surface area contributed by atoms with Gasteiger partial charge in [0.25, 0.3) is 5.60 Å². The van der Waals surface area contributed by atoms with Crippen LogP contribution in [0, 0.1) is 0 Å². The predicted octanol–water partition coefficient (Wildman–Crippen LogP) is 1.33. The summed E-state index contributed by atoms with van der Waals surface area (Å²) in [5.41, 5.74) is 0.655. The van der Waals surface area contributed by atoms with Gasteiger partial charge in [0.2, 0.25) is 0 Å². The van der Waals surface area contributed by atoms with E-state index in [1.165, 1.54) is 10.8 Å². The van der Waals surface area contributed by atoms with Crippen LogP contribution in [0.4, 0.5) is 0 Å². The fraction of sp³-hybridized carbons (Fsp3) is 0.571. The van der Waals surface area contributed by atoms with Crippen LogP contribution in [0.25, 0.3) is 0 Å². The largest absolute Gasteiger partial charge is 0.335 e. The molecule has 0 amide bonds. The summed E-state index contributed by atoms with van der Waals surface area (Å²) in [7, 11) is 4.01. The van der Waals surface area contributed by atoms with Crippen molar-refractivity contribution in [3.63, 3.8) is 0 Å². The Morgan fingerprint density at radius 1 is 0.833 bits per heavy atom. The highest BCUT2D eigenvalue weighted by Crippen LogP contribution is 2.21. The van der Waals surface area contributed by atoms with Gasteiger partial charge in [0.1, 0.15) is 0 Å². The van der Waals surface area contributed by atoms with Crippen molar-refractivity contribution in [1.29, 1.82) is 0 Å². The first kappa shape index (κ1) is 15.4. The summed E-state index contributed by atoms with van der Waals surface area (Å²) in [4.78, 5) is 0. The van der Waals surface area contributed by atoms with E-state index in [2.05, 4.69) is 45.0 Å². The number of hydrogen-bond donors (Lipinski definition) is 0. The molecule has 0 aliphatic heterocycles. The third kappa shape index (κ3) is 3.65. The van der Waals surface area contributed by atoms with Crippen molar-refractivity contribution >= 4 is 14.7 Å². The highest BCUT2D eigenvalue weighted by Gasteiger charge is 2.30. The smallest absolute Gasteiger partial charge is 0.253 e. The third-order valence-corrected chi connectivity index (χ3v) is 5.35. The van der Waals surface area contributed by atoms with E-state index in [9.17, 15) is 0 Å². The number of methoxy groups -OCH3 is 3. The fourth-order valence-electron chi connectivity index (χ4n) is 1.84. The molecule has 0 unspecified atom stereocenters. The minimum atomic E-state index is -0.858. The Hall–Kier alpha value is -0.683. The second kappa shape index (κ2) is 5.97. The lowest BCUT2D eigenvalue weighted by Gasteiger charge is -2.29. The quantitative estimate of drug-likeness (QED) is 0.595. The van der Waals surface area contributed by atoms with Crippen molar-refractivity contribution in [2.45, 2.75) is 31.8 Å². The zero-order valence-corrected chi connectivity index (χ0v) is 13.7. The molecule has 0 atom stereocenters. The summed E-state index contributed by atoms with van der Waals surface area (Å²) in [5.74, 6) is 0. The molecular weight excluding hydrogens is 244 g/mol. The average molecular weight is 268 g/mol. The van der Waals surface area contributed by atoms with Gasteiger partial charge in [0, 0.05) is 21.3 Å². The lowest BCUT2D eigenvalue weighted by molar-refractivity contribution is -0.293. The second-order valence-electron chi connectivity index (χ2n) is 5.42. The molecule has 0 fully saturated rings. The summed E-state index contributed by atoms with van der Waals surface area (Å²) in [6, 6.07) is 8.65. The van der Waals surface area contributed by atoms with E-state index < -0.39 is 15.1 Å². The molecule has 3 nitrogen and oxygen atoms in total. The van der Waals surface area contributed by atoms with Gasteiger partial charge in [-0.25, -0.2) is 0 Å². The molecular formula is C14H24O3Si. The van der Waals surface area contributed by atoms with Crippen molar-refractivity contribution in [3.05, 3.63) is 29.8 Å². The number of rotatable bonds is 5. The van der Waals surface area contributed by atoms with E-state index in [1.807, 2.05) is 0 Å². The van der Waals surface area contributed by atoms with Gasteiger partial charge in [-0.1, -0.05) is 50.2 Å². The van der Waals surface area contributed by atoms with E-state index in [1.54, 1.807) is 21.3 Å². The van der Waals surface area contributed by atoms with Crippen LogP contribution in [0.15, 0.2) is 24.3 Å². The van der Waals surface area contributed by atoms with E-state index in [-0.39, 0.29) is 5.41 Å². The zero-order valence-electron chi connectivity index (χ0n) is 12.2. The molecule has 1 rings (SSSR count). The Balaban J connectivity index is 2.86. The fourth-order valence-corrected chi connectivity index (χ4v) is 3.24. The Morgan fingerprint density at radius 3 is 1.61 bits per heavy atom. The second-order valence-corrected chi connectivity index (χ2v) is 7.46. The van der Waals surface area contributed by atoms with Crippen molar-refractivity contribution in [1.82, 2.24) is 0 Å². The van der Waals surface area contributed by atoms with Gasteiger partial charge in [-0.05, 0) is 11.0 Å². The normalized spacial score (nSPS) is 13.4. The minimum absolute atomic E-state index is 0.181. The minimum Gasteiger partial charge on any atom is -0.335 e. The Morgan fingerprint density at radius 2 is 1.28 bits per heavy atom. The van der Waals surface area contributed by atoms with Gasteiger partial charge in [-0.15, -0.1) is 0 Å². The van der Waals surface area contributed by atoms with Crippen molar-refractivity contribution in [2.24, 2.45) is 0 Å². The first-order valence-electron chi connectivity index (χ1n) is 6.12. The summed E-state index contributed by atoms with van der Waals surface area (Å²) in [6.07, 6.45) is 0. The number of ether oxygens (including phenoxy) is 3. The van der Waals surface area contributed by atoms with E-state index in [0.29, 0.717) is 0 Å². The monoisotopic (exact) mass is 268 g/mol. The van der Waals surface area contributed by atoms with Crippen LogP contribution >= 0.6 is 0 Å². The van der Waals surface area contributed by atoms with Gasteiger partial charge in [0.05, 0.1) is 0 Å². The van der Waals surface area contributed by atoms with Gasteiger partial charge in [0.15, 0.2) is 9.52 Å². The summed E-state index contributed by atoms with van der Waals surface area (Å²) in [6.45, 7) is 6.63. The van der Waals surface area contributed by atoms with Crippen LogP contribution in [0.3, 0.4) is 0 Å². The average Bonchev–Trinajstić information content (AvgIpc) is 2.36. The molecule has 0 spiro atoms. The maximum atomic E-state index is 5.35. The third-order valence-electron chi connectivity index (χ3n) is 3.17. The van der Waals surface area contributed by atoms with Gasteiger partial charge in [-0.3, -0.25) is 0 Å². The number of hydrogen-bond acceptors (Lipinski definition) is 3. The lowest BCUT2D eigenvalue weighted by Crippen LogP contribution is -2.47. The molecule has 1 aromatic rings. The first-order valence-corrected chi connectivity index (χ1v) is 7.53. The molecule has 102 valence electrons. The van der Waals surface area contributed by atoms with E-state index >= 15 is 0 Å². The van der Waals surface area contributed by atoms with Crippen LogP contribution in [-0.2, 0) is 19.6 Å². The molecule has 18 heavy (non-hydrogen) atoms. The highest BCUT2D eigenvalue weighted by molar-refractivity contribution is 6.55. The standard InChI is InChI=1S/C14H24O3Si/c1-13(2,3)11-7-9-12(10-8-11)18-14(15-4,16-5)17-6/h7-10H,18H2,1-6H3. The van der Waals surface area contributed by atoms with Crippen molar-refractivity contribution in [3.8, 4) is 0 Å². The van der Waals surface area contributed by atoms with E-state index in [4.69, 9.17) is 14.2 Å². The summed E-state index contributed by atoms with van der Waals surface area (Å²) >= 11 is 0. The molecule has 0 aromatic heterocycles. The highest BCUT2D eigenvalue weighted by atomic mass is 28.2. The zero-order chi connectivity index (χ0) is 13.8. The maximum absolute atomic E-state index is 5.35. The van der Waals surface area contributed by atoms with Crippen molar-refractivity contribution < 1.29 is 14.2 Å².